The van der Waals surface area contributed by atoms with E-state index in [-0.39, 0.29) is 5.41 Å². The topological polar surface area (TPSA) is 57.2 Å². The second kappa shape index (κ2) is 12.3. The van der Waals surface area contributed by atoms with E-state index in [1.807, 2.05) is 0 Å². The third-order valence-electron chi connectivity index (χ3n) is 6.08. The van der Waals surface area contributed by atoms with Crippen LogP contribution in [0.15, 0.2) is 54.6 Å². The van der Waals surface area contributed by atoms with Crippen LogP contribution in [0.25, 0.3) is 0 Å². The summed E-state index contributed by atoms with van der Waals surface area (Å²) in [5.41, 5.74) is 4.39. The van der Waals surface area contributed by atoms with Gasteiger partial charge in [-0.1, -0.05) is 75.4 Å². The molecular weight excluding hydrogens is 703 g/mol. The summed E-state index contributed by atoms with van der Waals surface area (Å²) < 4.78 is 244. The molecule has 0 fully saturated rings. The van der Waals surface area contributed by atoms with E-state index in [1.54, 1.807) is 0 Å². The normalized spacial score (nSPS) is 14.9. The molecule has 0 amide bonds. The van der Waals surface area contributed by atoms with Gasteiger partial charge in [-0.15, -0.1) is 0 Å². The van der Waals surface area contributed by atoms with Crippen molar-refractivity contribution in [3.63, 3.8) is 0 Å². The van der Waals surface area contributed by atoms with E-state index in [1.165, 1.54) is 16.7 Å². The van der Waals surface area contributed by atoms with Crippen LogP contribution in [0.3, 0.4) is 0 Å². The SMILES string of the molecule is CC(C)(C)c1ccc(Cc2ccccc2)cc1.O=S(=O)([O-])C(F)(F)C(F)(F)C(F)(F)C(F)(F)C(F)(F)C(F)(F)C(F)(F)C(F)(F)F. The van der Waals surface area contributed by atoms with Crippen molar-refractivity contribution in [2.75, 3.05) is 0 Å². The van der Waals surface area contributed by atoms with E-state index in [4.69, 9.17) is 0 Å². The fourth-order valence-corrected chi connectivity index (χ4v) is 3.70. The summed E-state index contributed by atoms with van der Waals surface area (Å²) in [7, 11) is -8.14. The number of benzene rings is 2. The summed E-state index contributed by atoms with van der Waals surface area (Å²) >= 11 is 0. The standard InChI is InChI=1S/C17H20.C8HF17O3S/c1-17(2,3)16-11-9-15(10-12-16)13-14-7-5-4-6-8-14;9-1(10,3(13,14)5(17,18)7(21,22)23)2(11,12)4(15,16)6(19,20)8(24,25)29(26,27)28/h4-12H,13H2,1-3H3;(H,26,27,28)/p-1. The van der Waals surface area contributed by atoms with Gasteiger partial charge in [0.15, 0.2) is 10.1 Å². The van der Waals surface area contributed by atoms with Crippen molar-refractivity contribution < 1.29 is 87.6 Å². The Hall–Kier alpha value is -2.84. The van der Waals surface area contributed by atoms with Crippen LogP contribution in [0, 0.1) is 0 Å². The van der Waals surface area contributed by atoms with Crippen LogP contribution in [-0.4, -0.2) is 59.9 Å². The predicted molar refractivity (Wildman–Crippen MR) is 125 cm³/mol. The highest BCUT2D eigenvalue weighted by molar-refractivity contribution is 7.86. The van der Waals surface area contributed by atoms with Crippen molar-refractivity contribution in [2.24, 2.45) is 0 Å². The first-order valence-electron chi connectivity index (χ1n) is 11.9. The van der Waals surface area contributed by atoms with Crippen LogP contribution in [0.1, 0.15) is 37.5 Å². The molecule has 0 aliphatic heterocycles. The van der Waals surface area contributed by atoms with E-state index in [0.717, 1.165) is 6.42 Å². The van der Waals surface area contributed by atoms with Crippen LogP contribution < -0.4 is 0 Å². The maximum Gasteiger partial charge on any atom is 0.460 e. The van der Waals surface area contributed by atoms with Crippen LogP contribution in [-0.2, 0) is 22.0 Å². The molecule has 3 nitrogen and oxygen atoms in total. The second-order valence-electron chi connectivity index (χ2n) is 10.5. The molecule has 0 unspecified atom stereocenters. The minimum Gasteiger partial charge on any atom is -0.743 e. The number of alkyl halides is 17. The Kier molecular flexibility index (Phi) is 11.0. The lowest BCUT2D eigenvalue weighted by Crippen LogP contribution is -2.75. The first-order chi connectivity index (χ1) is 20.1. The van der Waals surface area contributed by atoms with Gasteiger partial charge in [0.05, 0.1) is 0 Å². The highest BCUT2D eigenvalue weighted by Crippen LogP contribution is 2.64. The molecule has 0 saturated carbocycles. The molecular formula is C25H20F17O3S-. The van der Waals surface area contributed by atoms with Gasteiger partial charge in [-0.2, -0.15) is 74.6 Å². The largest absolute Gasteiger partial charge is 0.743 e. The van der Waals surface area contributed by atoms with Crippen LogP contribution in [0.2, 0.25) is 0 Å². The average Bonchev–Trinajstić information content (AvgIpc) is 2.87. The van der Waals surface area contributed by atoms with Crippen LogP contribution in [0.5, 0.6) is 0 Å². The maximum absolute atomic E-state index is 13.0. The van der Waals surface area contributed by atoms with Crippen molar-refractivity contribution >= 4 is 10.1 Å². The zero-order valence-corrected chi connectivity index (χ0v) is 23.8. The Bertz CT molecular complexity index is 1430. The van der Waals surface area contributed by atoms with E-state index in [0.29, 0.717) is 0 Å². The predicted octanol–water partition coefficient (Wildman–Crippen LogP) is 9.07. The lowest BCUT2D eigenvalue weighted by molar-refractivity contribution is -0.458. The summed E-state index contributed by atoms with van der Waals surface area (Å²) in [6.07, 6.45) is -6.87. The second-order valence-corrected chi connectivity index (χ2v) is 11.9. The molecule has 0 spiro atoms. The molecule has 2 aromatic carbocycles. The molecule has 0 heterocycles. The third kappa shape index (κ3) is 7.03. The van der Waals surface area contributed by atoms with E-state index in [9.17, 15) is 87.6 Å². The highest BCUT2D eigenvalue weighted by Gasteiger charge is 2.95. The zero-order valence-electron chi connectivity index (χ0n) is 23.0. The van der Waals surface area contributed by atoms with Gasteiger partial charge in [0, 0.05) is 0 Å². The molecule has 21 heteroatoms. The smallest absolute Gasteiger partial charge is 0.460 e. The summed E-state index contributed by atoms with van der Waals surface area (Å²) in [6.45, 7) is 6.75. The van der Waals surface area contributed by atoms with Crippen LogP contribution >= 0.6 is 0 Å². The van der Waals surface area contributed by atoms with Gasteiger partial charge in [0.1, 0.15) is 0 Å². The van der Waals surface area contributed by atoms with Gasteiger partial charge in [0.2, 0.25) is 0 Å². The van der Waals surface area contributed by atoms with Gasteiger partial charge in [-0.05, 0) is 28.5 Å². The molecule has 2 aromatic rings. The molecule has 0 aliphatic rings. The maximum atomic E-state index is 13.0. The lowest BCUT2D eigenvalue weighted by atomic mass is 9.86. The summed E-state index contributed by atoms with van der Waals surface area (Å²) in [5.74, 6) is -52.1. The first kappa shape index (κ1) is 41.2. The quantitative estimate of drug-likeness (QED) is 0.192. The number of halogens is 17. The fourth-order valence-electron chi connectivity index (χ4n) is 3.26. The molecule has 264 valence electrons. The summed E-state index contributed by atoms with van der Waals surface area (Å²) in [4.78, 5) is 0. The van der Waals surface area contributed by atoms with Crippen molar-refractivity contribution in [3.8, 4) is 0 Å². The Morgan fingerprint density at radius 2 is 0.826 bits per heavy atom. The van der Waals surface area contributed by atoms with Gasteiger partial charge in [-0.3, -0.25) is 0 Å². The van der Waals surface area contributed by atoms with Gasteiger partial charge in [-0.25, -0.2) is 8.42 Å². The van der Waals surface area contributed by atoms with Gasteiger partial charge in [0.25, 0.3) is 0 Å². The van der Waals surface area contributed by atoms with E-state index < -0.39 is 57.1 Å². The van der Waals surface area contributed by atoms with Gasteiger partial charge < -0.3 is 4.55 Å². The van der Waals surface area contributed by atoms with E-state index >= 15 is 0 Å². The molecule has 0 saturated heterocycles. The summed E-state index contributed by atoms with van der Waals surface area (Å²) in [6, 6.07) is 19.6. The summed E-state index contributed by atoms with van der Waals surface area (Å²) in [5, 5.41) is -7.95. The number of hydrogen-bond donors (Lipinski definition) is 0. The Morgan fingerprint density at radius 1 is 0.500 bits per heavy atom. The van der Waals surface area contributed by atoms with Crippen molar-refractivity contribution in [3.05, 3.63) is 71.3 Å². The molecule has 0 aromatic heterocycles. The Balaban J connectivity index is 0.000000522. The number of hydrogen-bond acceptors (Lipinski definition) is 3. The number of rotatable bonds is 9. The minimum absolute atomic E-state index is 0.241. The fraction of sp³-hybridized carbons (Fsp3) is 0.520. The molecule has 0 bridgehead atoms. The monoisotopic (exact) mass is 723 g/mol. The third-order valence-corrected chi connectivity index (χ3v) is 6.96. The average molecular weight is 723 g/mol. The van der Waals surface area contributed by atoms with Crippen molar-refractivity contribution in [1.82, 2.24) is 0 Å². The molecule has 0 N–H and O–H groups in total. The van der Waals surface area contributed by atoms with Crippen molar-refractivity contribution in [1.29, 1.82) is 0 Å². The van der Waals surface area contributed by atoms with Crippen molar-refractivity contribution in [2.45, 2.75) is 79.6 Å². The van der Waals surface area contributed by atoms with Crippen LogP contribution in [0.4, 0.5) is 74.6 Å². The molecule has 0 atom stereocenters. The van der Waals surface area contributed by atoms with Gasteiger partial charge >= 0.3 is 47.0 Å². The zero-order chi connectivity index (χ0) is 36.8. The Morgan fingerprint density at radius 3 is 1.15 bits per heavy atom. The minimum atomic E-state index is -8.92. The lowest BCUT2D eigenvalue weighted by Gasteiger charge is -2.42. The van der Waals surface area contributed by atoms with E-state index in [2.05, 4.69) is 75.4 Å². The molecule has 0 radical (unpaired) electrons. The Labute approximate surface area is 249 Å². The molecule has 2 rings (SSSR count). The first-order valence-corrected chi connectivity index (χ1v) is 13.3. The molecule has 46 heavy (non-hydrogen) atoms. The molecule has 0 aliphatic carbocycles. The highest BCUT2D eigenvalue weighted by atomic mass is 32.2.